The van der Waals surface area contributed by atoms with E-state index in [1.807, 2.05) is 0 Å². The van der Waals surface area contributed by atoms with Crippen LogP contribution in [0.4, 0.5) is 0 Å². The van der Waals surface area contributed by atoms with Crippen molar-refractivity contribution in [3.63, 3.8) is 0 Å². The number of hydrogen-bond acceptors (Lipinski definition) is 1. The number of nitrogens with zero attached hydrogens (tertiary/aromatic N) is 1. The Morgan fingerprint density at radius 1 is 1.36 bits per heavy atom. The van der Waals surface area contributed by atoms with Crippen LogP contribution in [0.5, 0.6) is 0 Å². The van der Waals surface area contributed by atoms with Gasteiger partial charge in [0.2, 0.25) is 0 Å². The molecule has 0 saturated carbocycles. The molecular formula is C10H17N. The summed E-state index contributed by atoms with van der Waals surface area (Å²) < 4.78 is 0. The van der Waals surface area contributed by atoms with Crippen LogP contribution in [0, 0.1) is 0 Å². The van der Waals surface area contributed by atoms with Gasteiger partial charge in [0, 0.05) is 17.9 Å². The lowest BCUT2D eigenvalue weighted by atomic mass is 10.1. The summed E-state index contributed by atoms with van der Waals surface area (Å²) in [4.78, 5) is 2.32. The molecule has 0 aliphatic carbocycles. The highest BCUT2D eigenvalue weighted by molar-refractivity contribution is 5.19. The van der Waals surface area contributed by atoms with Gasteiger partial charge in [0.25, 0.3) is 0 Å². The van der Waals surface area contributed by atoms with Crippen molar-refractivity contribution in [2.75, 3.05) is 0 Å². The van der Waals surface area contributed by atoms with Gasteiger partial charge in [0.05, 0.1) is 0 Å². The van der Waals surface area contributed by atoms with Crippen LogP contribution in [0.2, 0.25) is 0 Å². The third-order valence-electron chi connectivity index (χ3n) is 2.25. The molecule has 0 radical (unpaired) electrons. The van der Waals surface area contributed by atoms with E-state index in [-0.39, 0.29) is 0 Å². The first-order valence-corrected chi connectivity index (χ1v) is 4.24. The first-order valence-electron chi connectivity index (χ1n) is 4.24. The molecule has 62 valence electrons. The molecular weight excluding hydrogens is 134 g/mol. The highest BCUT2D eigenvalue weighted by Gasteiger charge is 2.11. The Morgan fingerprint density at radius 2 is 2.00 bits per heavy atom. The zero-order valence-electron chi connectivity index (χ0n) is 7.89. The van der Waals surface area contributed by atoms with Crippen LogP contribution >= 0.6 is 0 Å². The zero-order valence-corrected chi connectivity index (χ0v) is 7.89. The summed E-state index contributed by atoms with van der Waals surface area (Å²) in [7, 11) is 0. The maximum absolute atomic E-state index is 2.32. The van der Waals surface area contributed by atoms with Crippen molar-refractivity contribution in [1.82, 2.24) is 4.90 Å². The summed E-state index contributed by atoms with van der Waals surface area (Å²) in [6.45, 7) is 8.83. The first-order chi connectivity index (χ1) is 5.13. The van der Waals surface area contributed by atoms with Gasteiger partial charge in [-0.25, -0.2) is 0 Å². The fourth-order valence-corrected chi connectivity index (χ4v) is 1.38. The minimum absolute atomic E-state index is 0.585. The topological polar surface area (TPSA) is 3.24 Å². The lowest BCUT2D eigenvalue weighted by molar-refractivity contribution is 0.374. The molecule has 0 fully saturated rings. The molecule has 0 aromatic carbocycles. The number of allylic oxidation sites excluding steroid dienone is 3. The molecule has 1 aliphatic rings. The van der Waals surface area contributed by atoms with Gasteiger partial charge in [-0.1, -0.05) is 11.6 Å². The van der Waals surface area contributed by atoms with Gasteiger partial charge < -0.3 is 4.90 Å². The van der Waals surface area contributed by atoms with Gasteiger partial charge in [-0.05, 0) is 34.1 Å². The standard InChI is InChI=1S/C10H17N/c1-8(2)11-7-5-6-9(3)10(11)4/h5,7-8H,6H2,1-4H3. The van der Waals surface area contributed by atoms with Crippen LogP contribution in [0.25, 0.3) is 0 Å². The molecule has 11 heavy (non-hydrogen) atoms. The summed E-state index contributed by atoms with van der Waals surface area (Å²) >= 11 is 0. The molecule has 1 nitrogen and oxygen atoms in total. The van der Waals surface area contributed by atoms with E-state index in [1.165, 1.54) is 11.3 Å². The van der Waals surface area contributed by atoms with Crippen molar-refractivity contribution in [3.05, 3.63) is 23.5 Å². The Morgan fingerprint density at radius 3 is 2.45 bits per heavy atom. The van der Waals surface area contributed by atoms with E-state index in [4.69, 9.17) is 0 Å². The van der Waals surface area contributed by atoms with Crippen molar-refractivity contribution in [2.24, 2.45) is 0 Å². The normalized spacial score (nSPS) is 18.5. The average Bonchev–Trinajstić information content (AvgIpc) is 1.94. The van der Waals surface area contributed by atoms with Crippen LogP contribution in [-0.4, -0.2) is 10.9 Å². The van der Waals surface area contributed by atoms with E-state index in [1.54, 1.807) is 0 Å². The molecule has 0 aromatic rings. The van der Waals surface area contributed by atoms with Crippen LogP contribution in [0.3, 0.4) is 0 Å². The van der Waals surface area contributed by atoms with Crippen molar-refractivity contribution in [3.8, 4) is 0 Å². The average molecular weight is 151 g/mol. The number of hydrogen-bond donors (Lipinski definition) is 0. The molecule has 0 N–H and O–H groups in total. The summed E-state index contributed by atoms with van der Waals surface area (Å²) in [5.41, 5.74) is 2.91. The first kappa shape index (κ1) is 8.38. The molecule has 0 aromatic heterocycles. The van der Waals surface area contributed by atoms with Gasteiger partial charge in [-0.2, -0.15) is 0 Å². The lowest BCUT2D eigenvalue weighted by Gasteiger charge is -2.30. The smallest absolute Gasteiger partial charge is 0.0276 e. The second-order valence-corrected chi connectivity index (χ2v) is 3.46. The third kappa shape index (κ3) is 1.65. The second-order valence-electron chi connectivity index (χ2n) is 3.46. The van der Waals surface area contributed by atoms with Crippen molar-refractivity contribution in [2.45, 2.75) is 40.2 Å². The molecule has 0 bridgehead atoms. The largest absolute Gasteiger partial charge is 0.350 e. The van der Waals surface area contributed by atoms with Gasteiger partial charge in [-0.15, -0.1) is 0 Å². The minimum atomic E-state index is 0.585. The maximum Gasteiger partial charge on any atom is 0.0276 e. The summed E-state index contributed by atoms with van der Waals surface area (Å²) in [5, 5.41) is 0. The SMILES string of the molecule is CC1=C(C)N(C(C)C)C=CC1. The van der Waals surface area contributed by atoms with Crippen molar-refractivity contribution >= 4 is 0 Å². The summed E-state index contributed by atoms with van der Waals surface area (Å²) in [5.74, 6) is 0. The fourth-order valence-electron chi connectivity index (χ4n) is 1.38. The molecule has 0 amide bonds. The van der Waals surface area contributed by atoms with Gasteiger partial charge in [0.15, 0.2) is 0 Å². The Balaban J connectivity index is 2.80. The second kappa shape index (κ2) is 3.12. The van der Waals surface area contributed by atoms with E-state index >= 15 is 0 Å². The highest BCUT2D eigenvalue weighted by atomic mass is 15.1. The fraction of sp³-hybridized carbons (Fsp3) is 0.600. The van der Waals surface area contributed by atoms with Crippen molar-refractivity contribution < 1.29 is 0 Å². The van der Waals surface area contributed by atoms with Crippen LogP contribution in [0.1, 0.15) is 34.1 Å². The van der Waals surface area contributed by atoms with Gasteiger partial charge in [0.1, 0.15) is 0 Å². The number of rotatable bonds is 1. The van der Waals surface area contributed by atoms with Crippen LogP contribution in [0.15, 0.2) is 23.5 Å². The maximum atomic E-state index is 2.32. The minimum Gasteiger partial charge on any atom is -0.350 e. The van der Waals surface area contributed by atoms with Crippen LogP contribution < -0.4 is 0 Å². The molecule has 0 saturated heterocycles. The monoisotopic (exact) mass is 151 g/mol. The Labute approximate surface area is 69.4 Å². The summed E-state index contributed by atoms with van der Waals surface area (Å²) in [6.07, 6.45) is 5.53. The lowest BCUT2D eigenvalue weighted by Crippen LogP contribution is -2.25. The third-order valence-corrected chi connectivity index (χ3v) is 2.25. The van der Waals surface area contributed by atoms with E-state index in [0.29, 0.717) is 6.04 Å². The molecule has 1 heterocycles. The highest BCUT2D eigenvalue weighted by Crippen LogP contribution is 2.21. The van der Waals surface area contributed by atoms with Crippen LogP contribution in [-0.2, 0) is 0 Å². The Kier molecular flexibility index (Phi) is 2.38. The molecule has 0 unspecified atom stereocenters. The molecule has 0 atom stereocenters. The summed E-state index contributed by atoms with van der Waals surface area (Å²) in [6, 6.07) is 0.585. The Bertz CT molecular complexity index is 199. The quantitative estimate of drug-likeness (QED) is 0.557. The Hall–Kier alpha value is -0.720. The predicted octanol–water partition coefficient (Wildman–Crippen LogP) is 2.91. The molecule has 1 rings (SSSR count). The molecule has 1 heteroatoms. The zero-order chi connectivity index (χ0) is 8.43. The van der Waals surface area contributed by atoms with Gasteiger partial charge in [-0.3, -0.25) is 0 Å². The van der Waals surface area contributed by atoms with E-state index < -0.39 is 0 Å². The molecule has 0 spiro atoms. The van der Waals surface area contributed by atoms with Gasteiger partial charge >= 0.3 is 0 Å². The van der Waals surface area contributed by atoms with E-state index in [9.17, 15) is 0 Å². The van der Waals surface area contributed by atoms with Crippen molar-refractivity contribution in [1.29, 1.82) is 0 Å². The predicted molar refractivity (Wildman–Crippen MR) is 49.1 cm³/mol. The molecule has 1 aliphatic heterocycles. The van der Waals surface area contributed by atoms with E-state index in [2.05, 4.69) is 44.9 Å². The van der Waals surface area contributed by atoms with E-state index in [0.717, 1.165) is 6.42 Å².